The molecule has 1 fully saturated rings. The average Bonchev–Trinajstić information content (AvgIpc) is 2.66. The third-order valence-electron chi connectivity index (χ3n) is 4.85. The van der Waals surface area contributed by atoms with E-state index in [-0.39, 0.29) is 5.91 Å². The predicted octanol–water partition coefficient (Wildman–Crippen LogP) is 2.71. The number of hydrogen-bond donors (Lipinski definition) is 1. The molecule has 6 nitrogen and oxygen atoms in total. The van der Waals surface area contributed by atoms with Gasteiger partial charge in [-0.1, -0.05) is 13.3 Å². The Hall–Kier alpha value is -1.95. The van der Waals surface area contributed by atoms with Gasteiger partial charge in [0.05, 0.1) is 26.9 Å². The quantitative estimate of drug-likeness (QED) is 0.781. The van der Waals surface area contributed by atoms with Crippen LogP contribution >= 0.6 is 0 Å². The van der Waals surface area contributed by atoms with Crippen molar-refractivity contribution < 1.29 is 19.0 Å². The molecule has 1 aliphatic heterocycles. The Balaban J connectivity index is 2.01. The SMILES string of the molecule is CCC1CCCCN1CCNC(=O)c1ccc(OC)c(OC)c1OC. The first kappa shape index (κ1) is 19.4. The van der Waals surface area contributed by atoms with Gasteiger partial charge >= 0.3 is 0 Å². The molecule has 1 aliphatic rings. The highest BCUT2D eigenvalue weighted by atomic mass is 16.5. The summed E-state index contributed by atoms with van der Waals surface area (Å²) in [6, 6.07) is 4.06. The number of ether oxygens (including phenoxy) is 3. The Bertz CT molecular complexity index is 577. The lowest BCUT2D eigenvalue weighted by molar-refractivity contribution is 0.0930. The first-order valence-corrected chi connectivity index (χ1v) is 8.97. The van der Waals surface area contributed by atoms with Gasteiger partial charge < -0.3 is 19.5 Å². The van der Waals surface area contributed by atoms with E-state index in [4.69, 9.17) is 14.2 Å². The predicted molar refractivity (Wildman–Crippen MR) is 97.9 cm³/mol. The summed E-state index contributed by atoms with van der Waals surface area (Å²) < 4.78 is 16.0. The third-order valence-corrected chi connectivity index (χ3v) is 4.85. The lowest BCUT2D eigenvalue weighted by atomic mass is 10.0. The zero-order valence-corrected chi connectivity index (χ0v) is 15.8. The minimum Gasteiger partial charge on any atom is -0.493 e. The van der Waals surface area contributed by atoms with Crippen molar-refractivity contribution in [3.05, 3.63) is 17.7 Å². The topological polar surface area (TPSA) is 60.0 Å². The van der Waals surface area contributed by atoms with Gasteiger partial charge in [0, 0.05) is 19.1 Å². The summed E-state index contributed by atoms with van der Waals surface area (Å²) >= 11 is 0. The van der Waals surface area contributed by atoms with Crippen molar-refractivity contribution in [3.63, 3.8) is 0 Å². The van der Waals surface area contributed by atoms with Crippen LogP contribution in [0.2, 0.25) is 0 Å². The van der Waals surface area contributed by atoms with Gasteiger partial charge in [-0.05, 0) is 37.9 Å². The average molecular weight is 350 g/mol. The first-order chi connectivity index (χ1) is 12.2. The van der Waals surface area contributed by atoms with Gasteiger partial charge in [0.15, 0.2) is 11.5 Å². The van der Waals surface area contributed by atoms with E-state index >= 15 is 0 Å². The summed E-state index contributed by atoms with van der Waals surface area (Å²) in [5.41, 5.74) is 0.450. The lowest BCUT2D eigenvalue weighted by Crippen LogP contribution is -2.43. The van der Waals surface area contributed by atoms with Crippen molar-refractivity contribution in [2.45, 2.75) is 38.6 Å². The minimum atomic E-state index is -0.164. The molecule has 1 aromatic carbocycles. The van der Waals surface area contributed by atoms with E-state index in [0.717, 1.165) is 19.5 Å². The summed E-state index contributed by atoms with van der Waals surface area (Å²) in [5.74, 6) is 1.20. The van der Waals surface area contributed by atoms with Crippen molar-refractivity contribution in [1.29, 1.82) is 0 Å². The lowest BCUT2D eigenvalue weighted by Gasteiger charge is -2.35. The molecule has 0 spiro atoms. The van der Waals surface area contributed by atoms with Crippen LogP contribution in [0.4, 0.5) is 0 Å². The Morgan fingerprint density at radius 1 is 1.16 bits per heavy atom. The fourth-order valence-electron chi connectivity index (χ4n) is 3.51. The van der Waals surface area contributed by atoms with Gasteiger partial charge in [0.1, 0.15) is 0 Å². The Labute approximate surface area is 150 Å². The van der Waals surface area contributed by atoms with Crippen LogP contribution < -0.4 is 19.5 Å². The maximum absolute atomic E-state index is 12.6. The molecule has 1 aromatic rings. The molecular formula is C19H30N2O4. The molecule has 140 valence electrons. The molecule has 0 aliphatic carbocycles. The summed E-state index contributed by atoms with van der Waals surface area (Å²) in [6.45, 7) is 4.84. The second kappa shape index (κ2) is 9.51. The number of nitrogens with one attached hydrogen (secondary N) is 1. The Kier molecular flexibility index (Phi) is 7.37. The molecular weight excluding hydrogens is 320 g/mol. The highest BCUT2D eigenvalue weighted by Gasteiger charge is 2.22. The Morgan fingerprint density at radius 3 is 2.56 bits per heavy atom. The number of likely N-dealkylation sites (tertiary alicyclic amines) is 1. The van der Waals surface area contributed by atoms with Gasteiger partial charge in [-0.3, -0.25) is 9.69 Å². The molecule has 1 amide bonds. The fourth-order valence-corrected chi connectivity index (χ4v) is 3.51. The molecule has 25 heavy (non-hydrogen) atoms. The normalized spacial score (nSPS) is 17.8. The molecule has 0 bridgehead atoms. The van der Waals surface area contributed by atoms with Gasteiger partial charge in [-0.15, -0.1) is 0 Å². The van der Waals surface area contributed by atoms with E-state index in [1.807, 2.05) is 0 Å². The van der Waals surface area contributed by atoms with Crippen LogP contribution in [-0.2, 0) is 0 Å². The standard InChI is InChI=1S/C19H30N2O4/c1-5-14-8-6-7-12-21(14)13-11-20-19(22)15-9-10-16(23-2)18(25-4)17(15)24-3/h9-10,14H,5-8,11-13H2,1-4H3,(H,20,22). The van der Waals surface area contributed by atoms with E-state index in [9.17, 15) is 4.79 Å². The summed E-state index contributed by atoms with van der Waals surface area (Å²) in [7, 11) is 4.61. The largest absolute Gasteiger partial charge is 0.493 e. The van der Waals surface area contributed by atoms with Crippen molar-refractivity contribution in [2.24, 2.45) is 0 Å². The highest BCUT2D eigenvalue weighted by molar-refractivity contribution is 5.98. The van der Waals surface area contributed by atoms with Crippen LogP contribution in [0, 0.1) is 0 Å². The van der Waals surface area contributed by atoms with Crippen LogP contribution in [0.3, 0.4) is 0 Å². The van der Waals surface area contributed by atoms with Crippen LogP contribution in [0.5, 0.6) is 17.2 Å². The molecule has 0 saturated carbocycles. The smallest absolute Gasteiger partial charge is 0.255 e. The van der Waals surface area contributed by atoms with Gasteiger partial charge in [0.2, 0.25) is 5.75 Å². The highest BCUT2D eigenvalue weighted by Crippen LogP contribution is 2.39. The molecule has 1 saturated heterocycles. The molecule has 0 aromatic heterocycles. The molecule has 1 atom stereocenters. The van der Waals surface area contributed by atoms with Crippen molar-refractivity contribution in [2.75, 3.05) is 41.0 Å². The molecule has 1 heterocycles. The monoisotopic (exact) mass is 350 g/mol. The van der Waals surface area contributed by atoms with E-state index in [1.165, 1.54) is 33.5 Å². The van der Waals surface area contributed by atoms with Gasteiger partial charge in [-0.2, -0.15) is 0 Å². The van der Waals surface area contributed by atoms with Crippen LogP contribution in [0.1, 0.15) is 43.0 Å². The molecule has 0 radical (unpaired) electrons. The van der Waals surface area contributed by atoms with Gasteiger partial charge in [-0.25, -0.2) is 0 Å². The fraction of sp³-hybridized carbons (Fsp3) is 0.632. The molecule has 2 rings (SSSR count). The van der Waals surface area contributed by atoms with E-state index in [2.05, 4.69) is 17.1 Å². The summed E-state index contributed by atoms with van der Waals surface area (Å²) in [5, 5.41) is 3.00. The summed E-state index contributed by atoms with van der Waals surface area (Å²) in [6.07, 6.45) is 4.98. The number of carbonyl (C=O) groups is 1. The number of rotatable bonds is 8. The molecule has 1 N–H and O–H groups in total. The number of methoxy groups -OCH3 is 3. The molecule has 1 unspecified atom stereocenters. The van der Waals surface area contributed by atoms with Crippen molar-refractivity contribution >= 4 is 5.91 Å². The Morgan fingerprint density at radius 2 is 1.92 bits per heavy atom. The number of carbonyl (C=O) groups excluding carboxylic acids is 1. The van der Waals surface area contributed by atoms with E-state index in [1.54, 1.807) is 19.2 Å². The number of hydrogen-bond acceptors (Lipinski definition) is 5. The number of piperidine rings is 1. The molecule has 6 heteroatoms. The van der Waals surface area contributed by atoms with Crippen molar-refractivity contribution in [3.8, 4) is 17.2 Å². The van der Waals surface area contributed by atoms with Crippen LogP contribution in [0.15, 0.2) is 12.1 Å². The van der Waals surface area contributed by atoms with E-state index < -0.39 is 0 Å². The first-order valence-electron chi connectivity index (χ1n) is 8.97. The zero-order chi connectivity index (χ0) is 18.2. The second-order valence-corrected chi connectivity index (χ2v) is 6.23. The number of benzene rings is 1. The maximum atomic E-state index is 12.6. The van der Waals surface area contributed by atoms with Crippen molar-refractivity contribution in [1.82, 2.24) is 10.2 Å². The number of amides is 1. The zero-order valence-electron chi connectivity index (χ0n) is 15.8. The third kappa shape index (κ3) is 4.57. The maximum Gasteiger partial charge on any atom is 0.255 e. The van der Waals surface area contributed by atoms with Gasteiger partial charge in [0.25, 0.3) is 5.91 Å². The minimum absolute atomic E-state index is 0.164. The van der Waals surface area contributed by atoms with Crippen LogP contribution in [-0.4, -0.2) is 57.8 Å². The van der Waals surface area contributed by atoms with Crippen LogP contribution in [0.25, 0.3) is 0 Å². The van der Waals surface area contributed by atoms with E-state index in [0.29, 0.717) is 35.4 Å². The second-order valence-electron chi connectivity index (χ2n) is 6.23. The summed E-state index contributed by atoms with van der Waals surface area (Å²) in [4.78, 5) is 15.1. The number of nitrogens with zero attached hydrogens (tertiary/aromatic N) is 1.